The zero-order valence-corrected chi connectivity index (χ0v) is 30.7. The third-order valence-corrected chi connectivity index (χ3v) is 11.3. The van der Waals surface area contributed by atoms with Gasteiger partial charge in [0.05, 0.1) is 12.7 Å². The fraction of sp³-hybridized carbons (Fsp3) is 0.237. The number of carbonyl (C=O) groups excluding carboxylic acids is 5. The van der Waals surface area contributed by atoms with Gasteiger partial charge in [-0.05, 0) is 58.8 Å². The van der Waals surface area contributed by atoms with Gasteiger partial charge in [0, 0.05) is 36.0 Å². The zero-order valence-electron chi connectivity index (χ0n) is 29.8. The van der Waals surface area contributed by atoms with Crippen LogP contribution in [0.3, 0.4) is 0 Å². The molecular formula is C38H33FN8O9S. The van der Waals surface area contributed by atoms with Crippen molar-refractivity contribution in [2.75, 3.05) is 16.2 Å². The number of hydrogen-bond donors (Lipinski definition) is 4. The van der Waals surface area contributed by atoms with Crippen LogP contribution in [-0.4, -0.2) is 75.5 Å². The Morgan fingerprint density at radius 2 is 1.82 bits per heavy atom. The van der Waals surface area contributed by atoms with E-state index in [0.29, 0.717) is 32.1 Å². The van der Waals surface area contributed by atoms with Crippen molar-refractivity contribution < 1.29 is 46.6 Å². The minimum Gasteiger partial charge on any atom is -0.487 e. The lowest BCUT2D eigenvalue weighted by Crippen LogP contribution is -2.52. The number of benzene rings is 4. The van der Waals surface area contributed by atoms with Crippen molar-refractivity contribution in [1.82, 2.24) is 29.9 Å². The molecule has 2 fully saturated rings. The lowest BCUT2D eigenvalue weighted by Gasteiger charge is -2.29. The summed E-state index contributed by atoms with van der Waals surface area (Å²) in [5.41, 5.74) is 2.29. The predicted octanol–water partition coefficient (Wildman–Crippen LogP) is 2.20. The van der Waals surface area contributed by atoms with Crippen LogP contribution in [0.1, 0.15) is 58.1 Å². The first-order valence-corrected chi connectivity index (χ1v) is 19.2. The van der Waals surface area contributed by atoms with Crippen molar-refractivity contribution in [1.29, 1.82) is 0 Å². The Balaban J connectivity index is 0.932. The number of aliphatic hydroxyl groups is 1. The van der Waals surface area contributed by atoms with Gasteiger partial charge in [0.15, 0.2) is 5.82 Å². The van der Waals surface area contributed by atoms with Gasteiger partial charge in [-0.15, -0.1) is 5.10 Å². The monoisotopic (exact) mass is 796 g/mol. The summed E-state index contributed by atoms with van der Waals surface area (Å²) < 4.78 is 51.4. The number of amides is 5. The molecule has 4 aromatic carbocycles. The van der Waals surface area contributed by atoms with Crippen LogP contribution in [-0.2, 0) is 49.1 Å². The lowest BCUT2D eigenvalue weighted by molar-refractivity contribution is -0.137. The van der Waals surface area contributed by atoms with Gasteiger partial charge < -0.3 is 20.1 Å². The van der Waals surface area contributed by atoms with Crippen LogP contribution in [0.15, 0.2) is 79.0 Å². The van der Waals surface area contributed by atoms with Gasteiger partial charge in [-0.1, -0.05) is 47.7 Å². The number of aryl methyl sites for hydroxylation is 1. The molecule has 3 aliphatic heterocycles. The molecule has 57 heavy (non-hydrogen) atoms. The van der Waals surface area contributed by atoms with Crippen LogP contribution >= 0.6 is 0 Å². The van der Waals surface area contributed by atoms with Gasteiger partial charge in [0.2, 0.25) is 17.7 Å². The normalized spacial score (nSPS) is 18.0. The molecule has 0 bridgehead atoms. The Morgan fingerprint density at radius 1 is 1.02 bits per heavy atom. The highest BCUT2D eigenvalue weighted by Gasteiger charge is 2.40. The van der Waals surface area contributed by atoms with E-state index < -0.39 is 58.1 Å². The van der Waals surface area contributed by atoms with Crippen molar-refractivity contribution in [3.05, 3.63) is 113 Å². The van der Waals surface area contributed by atoms with Crippen molar-refractivity contribution in [3.63, 3.8) is 0 Å². The van der Waals surface area contributed by atoms with Gasteiger partial charge in [0.25, 0.3) is 11.8 Å². The van der Waals surface area contributed by atoms with E-state index in [-0.39, 0.29) is 67.6 Å². The maximum Gasteiger partial charge on any atom is 0.326 e. The van der Waals surface area contributed by atoms with E-state index in [1.54, 1.807) is 42.5 Å². The number of nitrogens with one attached hydrogen (secondary N) is 3. The summed E-state index contributed by atoms with van der Waals surface area (Å²) in [4.78, 5) is 63.5. The molecule has 3 aliphatic rings. The average Bonchev–Trinajstić information content (AvgIpc) is 3.87. The van der Waals surface area contributed by atoms with Gasteiger partial charge in [-0.3, -0.25) is 34.0 Å². The second-order valence-electron chi connectivity index (χ2n) is 13.7. The van der Waals surface area contributed by atoms with E-state index in [9.17, 15) is 37.5 Å². The number of imide groups is 1. The molecule has 292 valence electrons. The van der Waals surface area contributed by atoms with Crippen LogP contribution in [0.5, 0.6) is 5.75 Å². The molecule has 8 rings (SSSR count). The molecule has 0 aliphatic carbocycles. The van der Waals surface area contributed by atoms with Crippen LogP contribution in [0.4, 0.5) is 15.8 Å². The van der Waals surface area contributed by atoms with Crippen molar-refractivity contribution in [2.45, 2.75) is 51.1 Å². The van der Waals surface area contributed by atoms with E-state index >= 15 is 4.39 Å². The summed E-state index contributed by atoms with van der Waals surface area (Å²) in [5.74, 6) is -3.52. The van der Waals surface area contributed by atoms with E-state index in [0.717, 1.165) is 5.56 Å². The fourth-order valence-electron chi connectivity index (χ4n) is 7.05. The Bertz CT molecular complexity index is 2600. The average molecular weight is 797 g/mol. The first-order valence-electron chi connectivity index (χ1n) is 17.8. The summed E-state index contributed by atoms with van der Waals surface area (Å²) in [7, 11) is -4.37. The number of anilines is 2. The van der Waals surface area contributed by atoms with E-state index in [2.05, 4.69) is 20.9 Å². The summed E-state index contributed by atoms with van der Waals surface area (Å²) >= 11 is 0. The third kappa shape index (κ3) is 7.36. The van der Waals surface area contributed by atoms with Crippen LogP contribution in [0.2, 0.25) is 0 Å². The van der Waals surface area contributed by atoms with Gasteiger partial charge in [-0.25, -0.2) is 13.4 Å². The highest BCUT2D eigenvalue weighted by atomic mass is 32.2. The summed E-state index contributed by atoms with van der Waals surface area (Å²) in [6.07, 6.45) is 0.591. The molecule has 2 atom stereocenters. The number of fused-ring (bicyclic) bond motifs is 2. The Morgan fingerprint density at radius 3 is 2.58 bits per heavy atom. The number of piperidine rings is 1. The molecule has 0 saturated carbocycles. The second-order valence-corrected chi connectivity index (χ2v) is 15.3. The van der Waals surface area contributed by atoms with Crippen molar-refractivity contribution in [3.8, 4) is 5.75 Å². The van der Waals surface area contributed by atoms with E-state index in [1.807, 2.05) is 10.8 Å². The molecule has 4 heterocycles. The SMILES string of the molecule is O=C1CCC(N2Cc3cc(C(O)c4cn(CCC(=O)Nc5ccc6c(F)c(N7CC(=O)NS7(=O)=O)c(OCc7ccccc7)cc6c5)nn4)ccc3C2=O)C(=O)N1. The van der Waals surface area contributed by atoms with Gasteiger partial charge >= 0.3 is 10.2 Å². The number of hydrogen-bond acceptors (Lipinski definition) is 11. The first kappa shape index (κ1) is 37.2. The summed E-state index contributed by atoms with van der Waals surface area (Å²) in [6.45, 7) is -0.422. The molecule has 19 heteroatoms. The zero-order chi connectivity index (χ0) is 40.0. The number of nitrogens with zero attached hydrogens (tertiary/aromatic N) is 5. The van der Waals surface area contributed by atoms with Gasteiger partial charge in [-0.2, -0.15) is 8.42 Å². The summed E-state index contributed by atoms with van der Waals surface area (Å²) in [6, 6.07) is 18.8. The van der Waals surface area contributed by atoms with Crippen LogP contribution in [0.25, 0.3) is 10.8 Å². The Hall–Kier alpha value is -6.73. The van der Waals surface area contributed by atoms with Gasteiger partial charge in [0.1, 0.15) is 42.4 Å². The number of ether oxygens (including phenoxy) is 1. The first-order chi connectivity index (χ1) is 27.3. The minimum atomic E-state index is -4.37. The largest absolute Gasteiger partial charge is 0.487 e. The molecule has 4 N–H and O–H groups in total. The highest BCUT2D eigenvalue weighted by molar-refractivity contribution is 7.92. The standard InChI is InChI=1S/C38H33FN8O9S/c39-34-26-9-7-25(15-23(26)16-30(56-20-21-4-2-1-3-5-21)35(34)47-19-33(50)43-57(47,54)55)40-32(49)12-13-45-18-28(42-44-45)36(51)22-6-8-27-24(14-22)17-46(38(27)53)29-10-11-31(48)41-37(29)52/h1-9,14-16,18,29,36,51H,10-13,17,19-20H2,(H,40,49)(H,43,50)(H,41,48,52). The number of halogens is 1. The topological polar surface area (TPSA) is 222 Å². The van der Waals surface area contributed by atoms with Crippen molar-refractivity contribution >= 4 is 61.9 Å². The molecule has 0 radical (unpaired) electrons. The molecular weight excluding hydrogens is 764 g/mol. The second kappa shape index (κ2) is 14.7. The Labute approximate surface area is 323 Å². The summed E-state index contributed by atoms with van der Waals surface area (Å²) in [5, 5.41) is 24.6. The Kier molecular flexibility index (Phi) is 9.62. The molecule has 5 aromatic rings. The third-order valence-electron chi connectivity index (χ3n) is 9.87. The minimum absolute atomic E-state index is 0.0228. The molecule has 1 aromatic heterocycles. The number of rotatable bonds is 11. The number of aromatic nitrogens is 3. The van der Waals surface area contributed by atoms with E-state index in [1.165, 1.54) is 40.0 Å². The number of carbonyl (C=O) groups is 5. The fourth-order valence-corrected chi connectivity index (χ4v) is 8.21. The predicted molar refractivity (Wildman–Crippen MR) is 199 cm³/mol. The molecule has 2 unspecified atom stereocenters. The lowest BCUT2D eigenvalue weighted by atomic mass is 10.0. The smallest absolute Gasteiger partial charge is 0.326 e. The molecule has 5 amide bonds. The van der Waals surface area contributed by atoms with E-state index in [4.69, 9.17) is 4.74 Å². The maximum atomic E-state index is 16.1. The van der Waals surface area contributed by atoms with Crippen LogP contribution in [0, 0.1) is 5.82 Å². The quantitative estimate of drug-likeness (QED) is 0.142. The number of aliphatic hydroxyl groups excluding tert-OH is 1. The van der Waals surface area contributed by atoms with Crippen LogP contribution < -0.4 is 24.4 Å². The maximum absolute atomic E-state index is 16.1. The van der Waals surface area contributed by atoms with Crippen molar-refractivity contribution in [2.24, 2.45) is 0 Å². The molecule has 0 spiro atoms. The molecule has 17 nitrogen and oxygen atoms in total. The highest BCUT2D eigenvalue weighted by Crippen LogP contribution is 2.40. The molecule has 2 saturated heterocycles.